The van der Waals surface area contributed by atoms with Gasteiger partial charge in [0.15, 0.2) is 0 Å². The van der Waals surface area contributed by atoms with Crippen molar-refractivity contribution in [2.75, 3.05) is 0 Å². The van der Waals surface area contributed by atoms with E-state index in [1.807, 2.05) is 20.8 Å². The molecule has 0 radical (unpaired) electrons. The van der Waals surface area contributed by atoms with Gasteiger partial charge in [0.05, 0.1) is 16.7 Å². The zero-order valence-electron chi connectivity index (χ0n) is 9.34. The Morgan fingerprint density at radius 3 is 2.27 bits per heavy atom. The van der Waals surface area contributed by atoms with E-state index in [1.54, 1.807) is 11.3 Å². The number of nitrogens with zero attached hydrogens (tertiary/aromatic N) is 1. The molecule has 2 unspecified atom stereocenters. The Hall–Kier alpha value is -0.550. The number of aryl methyl sites for hydroxylation is 2. The third kappa shape index (κ3) is 3.21. The van der Waals surface area contributed by atoms with Crippen molar-refractivity contribution in [2.24, 2.45) is 0 Å². The van der Waals surface area contributed by atoms with Gasteiger partial charge in [-0.25, -0.2) is 13.8 Å². The normalized spacial score (nSPS) is 15.7. The standard InChI is InChI=1S/C10H16F2N2S/c1-5(13-7(3)10(11)12)9-6(2)14-8(4)15-9/h5,7,10,13H,1-4H3. The lowest BCUT2D eigenvalue weighted by Gasteiger charge is -2.18. The number of aromatic nitrogens is 1. The van der Waals surface area contributed by atoms with Crippen molar-refractivity contribution in [3.8, 4) is 0 Å². The fourth-order valence-electron chi connectivity index (χ4n) is 1.49. The van der Waals surface area contributed by atoms with Crippen molar-refractivity contribution in [1.29, 1.82) is 0 Å². The van der Waals surface area contributed by atoms with Crippen LogP contribution in [0.1, 0.15) is 35.5 Å². The topological polar surface area (TPSA) is 24.9 Å². The van der Waals surface area contributed by atoms with Gasteiger partial charge in [-0.1, -0.05) is 0 Å². The molecule has 0 bridgehead atoms. The fourth-order valence-corrected chi connectivity index (χ4v) is 2.43. The summed E-state index contributed by atoms with van der Waals surface area (Å²) in [7, 11) is 0. The molecule has 1 rings (SSSR count). The number of alkyl halides is 2. The molecule has 1 heterocycles. The molecule has 0 fully saturated rings. The van der Waals surface area contributed by atoms with E-state index in [9.17, 15) is 8.78 Å². The lowest BCUT2D eigenvalue weighted by Crippen LogP contribution is -2.34. The Bertz CT molecular complexity index is 325. The van der Waals surface area contributed by atoms with Gasteiger partial charge in [0.1, 0.15) is 0 Å². The van der Waals surface area contributed by atoms with Crippen LogP contribution < -0.4 is 5.32 Å². The van der Waals surface area contributed by atoms with Gasteiger partial charge in [-0.05, 0) is 27.7 Å². The molecule has 1 aromatic heterocycles. The molecule has 1 aromatic rings. The first-order chi connectivity index (χ1) is 6.91. The molecule has 1 N–H and O–H groups in total. The van der Waals surface area contributed by atoms with Crippen molar-refractivity contribution >= 4 is 11.3 Å². The van der Waals surface area contributed by atoms with Crippen LogP contribution >= 0.6 is 11.3 Å². The van der Waals surface area contributed by atoms with E-state index >= 15 is 0 Å². The van der Waals surface area contributed by atoms with E-state index in [1.165, 1.54) is 6.92 Å². The Kier molecular flexibility index (Phi) is 4.16. The lowest BCUT2D eigenvalue weighted by molar-refractivity contribution is 0.101. The first-order valence-electron chi connectivity index (χ1n) is 4.90. The molecule has 2 atom stereocenters. The predicted octanol–water partition coefficient (Wildman–Crippen LogP) is 3.06. The van der Waals surface area contributed by atoms with E-state index in [2.05, 4.69) is 10.3 Å². The zero-order valence-corrected chi connectivity index (χ0v) is 10.2. The summed E-state index contributed by atoms with van der Waals surface area (Å²) in [4.78, 5) is 5.32. The minimum Gasteiger partial charge on any atom is -0.302 e. The Balaban J connectivity index is 2.68. The highest BCUT2D eigenvalue weighted by atomic mass is 32.1. The van der Waals surface area contributed by atoms with Gasteiger partial charge in [-0.15, -0.1) is 11.3 Å². The van der Waals surface area contributed by atoms with E-state index in [0.717, 1.165) is 15.6 Å². The molecule has 86 valence electrons. The van der Waals surface area contributed by atoms with Crippen molar-refractivity contribution in [3.05, 3.63) is 15.6 Å². The number of rotatable bonds is 4. The summed E-state index contributed by atoms with van der Waals surface area (Å²) in [6.45, 7) is 7.21. The van der Waals surface area contributed by atoms with Crippen LogP contribution in [0.25, 0.3) is 0 Å². The summed E-state index contributed by atoms with van der Waals surface area (Å²) < 4.78 is 24.7. The monoisotopic (exact) mass is 234 g/mol. The van der Waals surface area contributed by atoms with Crippen LogP contribution in [0.3, 0.4) is 0 Å². The summed E-state index contributed by atoms with van der Waals surface area (Å²) in [5.41, 5.74) is 0.930. The summed E-state index contributed by atoms with van der Waals surface area (Å²) in [5, 5.41) is 3.84. The molecule has 0 saturated carbocycles. The van der Waals surface area contributed by atoms with Gasteiger partial charge in [-0.3, -0.25) is 0 Å². The number of hydrogen-bond acceptors (Lipinski definition) is 3. The Morgan fingerprint density at radius 1 is 1.27 bits per heavy atom. The maximum Gasteiger partial charge on any atom is 0.253 e. The molecular formula is C10H16F2N2S. The summed E-state index contributed by atoms with van der Waals surface area (Å²) in [5.74, 6) is 0. The smallest absolute Gasteiger partial charge is 0.253 e. The average molecular weight is 234 g/mol. The van der Waals surface area contributed by atoms with Gasteiger partial charge in [0, 0.05) is 10.9 Å². The Labute approximate surface area is 92.7 Å². The Morgan fingerprint density at radius 2 is 1.87 bits per heavy atom. The fraction of sp³-hybridized carbons (Fsp3) is 0.700. The highest BCUT2D eigenvalue weighted by Gasteiger charge is 2.19. The van der Waals surface area contributed by atoms with Crippen LogP contribution in [0.4, 0.5) is 8.78 Å². The molecular weight excluding hydrogens is 218 g/mol. The maximum atomic E-state index is 12.3. The maximum absolute atomic E-state index is 12.3. The molecule has 0 spiro atoms. The van der Waals surface area contributed by atoms with Gasteiger partial charge in [0.2, 0.25) is 0 Å². The first-order valence-corrected chi connectivity index (χ1v) is 5.71. The van der Waals surface area contributed by atoms with Crippen LogP contribution in [0.2, 0.25) is 0 Å². The number of nitrogens with one attached hydrogen (secondary N) is 1. The molecule has 0 aliphatic carbocycles. The SMILES string of the molecule is Cc1nc(C)c(C(C)NC(C)C(F)F)s1. The van der Waals surface area contributed by atoms with Crippen molar-refractivity contribution in [3.63, 3.8) is 0 Å². The molecule has 0 aliphatic heterocycles. The van der Waals surface area contributed by atoms with Crippen LogP contribution in [-0.2, 0) is 0 Å². The second-order valence-electron chi connectivity index (χ2n) is 3.69. The van der Waals surface area contributed by atoms with E-state index in [4.69, 9.17) is 0 Å². The van der Waals surface area contributed by atoms with Crippen LogP contribution in [0.5, 0.6) is 0 Å². The molecule has 0 saturated heterocycles. The van der Waals surface area contributed by atoms with Crippen molar-refractivity contribution < 1.29 is 8.78 Å². The third-order valence-electron chi connectivity index (χ3n) is 2.22. The first kappa shape index (κ1) is 12.5. The molecule has 2 nitrogen and oxygen atoms in total. The van der Waals surface area contributed by atoms with E-state index in [-0.39, 0.29) is 6.04 Å². The molecule has 0 aromatic carbocycles. The predicted molar refractivity (Wildman–Crippen MR) is 58.6 cm³/mol. The van der Waals surface area contributed by atoms with Crippen LogP contribution in [0.15, 0.2) is 0 Å². The van der Waals surface area contributed by atoms with Gasteiger partial charge in [-0.2, -0.15) is 0 Å². The largest absolute Gasteiger partial charge is 0.302 e. The molecule has 0 amide bonds. The van der Waals surface area contributed by atoms with Gasteiger partial charge >= 0.3 is 0 Å². The number of hydrogen-bond donors (Lipinski definition) is 1. The second kappa shape index (κ2) is 4.99. The van der Waals surface area contributed by atoms with Crippen molar-refractivity contribution in [2.45, 2.75) is 46.2 Å². The van der Waals surface area contributed by atoms with Crippen LogP contribution in [-0.4, -0.2) is 17.5 Å². The summed E-state index contributed by atoms with van der Waals surface area (Å²) in [6.07, 6.45) is -2.33. The third-order valence-corrected chi connectivity index (χ3v) is 3.48. The highest BCUT2D eigenvalue weighted by Crippen LogP contribution is 2.25. The quantitative estimate of drug-likeness (QED) is 0.866. The zero-order chi connectivity index (χ0) is 11.6. The molecule has 0 aliphatic rings. The number of halogens is 2. The number of thiazole rings is 1. The minimum atomic E-state index is -2.33. The molecule has 5 heteroatoms. The minimum absolute atomic E-state index is 0.0693. The molecule has 15 heavy (non-hydrogen) atoms. The second-order valence-corrected chi connectivity index (χ2v) is 4.93. The van der Waals surface area contributed by atoms with Gasteiger partial charge in [0.25, 0.3) is 6.43 Å². The highest BCUT2D eigenvalue weighted by molar-refractivity contribution is 7.11. The van der Waals surface area contributed by atoms with E-state index in [0.29, 0.717) is 0 Å². The summed E-state index contributed by atoms with van der Waals surface area (Å²) >= 11 is 1.56. The van der Waals surface area contributed by atoms with Crippen molar-refractivity contribution in [1.82, 2.24) is 10.3 Å². The summed E-state index contributed by atoms with van der Waals surface area (Å²) in [6, 6.07) is -0.859. The van der Waals surface area contributed by atoms with E-state index < -0.39 is 12.5 Å². The van der Waals surface area contributed by atoms with Gasteiger partial charge < -0.3 is 5.32 Å². The van der Waals surface area contributed by atoms with Crippen LogP contribution in [0, 0.1) is 13.8 Å². The lowest BCUT2D eigenvalue weighted by atomic mass is 10.2. The average Bonchev–Trinajstić information content (AvgIpc) is 2.44.